The van der Waals surface area contributed by atoms with Crippen LogP contribution in [0.15, 0.2) is 48.5 Å². The van der Waals surface area contributed by atoms with Gasteiger partial charge in [-0.3, -0.25) is 4.79 Å². The Labute approximate surface area is 203 Å². The van der Waals surface area contributed by atoms with E-state index in [1.54, 1.807) is 31.2 Å². The van der Waals surface area contributed by atoms with Gasteiger partial charge in [0.1, 0.15) is 5.02 Å². The summed E-state index contributed by atoms with van der Waals surface area (Å²) in [7, 11) is 0. The van der Waals surface area contributed by atoms with Crippen molar-refractivity contribution in [1.29, 1.82) is 0 Å². The number of hydrogen-bond acceptors (Lipinski definition) is 3. The van der Waals surface area contributed by atoms with Crippen LogP contribution in [0.5, 0.6) is 0 Å². The molecule has 0 radical (unpaired) electrons. The van der Waals surface area contributed by atoms with Gasteiger partial charge in [-0.1, -0.05) is 53.0 Å². The Morgan fingerprint density at radius 1 is 0.943 bits per heavy atom. The first kappa shape index (κ1) is 24.8. The minimum Gasteiger partial charge on any atom is -0.319 e. The summed E-state index contributed by atoms with van der Waals surface area (Å²) in [5.74, 6) is -1.17. The lowest BCUT2D eigenvalue weighted by atomic mass is 10.1. The zero-order chi connectivity index (χ0) is 25.7. The molecule has 0 aliphatic rings. The molecular weight excluding hydrogens is 521 g/mol. The predicted molar refractivity (Wildman–Crippen MR) is 118 cm³/mol. The number of nitrogens with zero attached hydrogens (tertiary/aromatic N) is 3. The molecule has 0 spiro atoms. The molecule has 0 unspecified atom stereocenters. The number of fused-ring (bicyclic) bond motifs is 1. The first-order valence-corrected chi connectivity index (χ1v) is 10.4. The number of hydrogen-bond donors (Lipinski definition) is 1. The summed E-state index contributed by atoms with van der Waals surface area (Å²) < 4.78 is 80.9. The molecule has 182 valence electrons. The highest BCUT2D eigenvalue weighted by atomic mass is 35.5. The molecule has 13 heteroatoms. The smallest absolute Gasteiger partial charge is 0.319 e. The van der Waals surface area contributed by atoms with Crippen molar-refractivity contribution in [2.75, 3.05) is 5.32 Å². The molecule has 2 aromatic carbocycles. The van der Waals surface area contributed by atoms with Gasteiger partial charge < -0.3 is 5.32 Å². The number of aromatic nitrogens is 3. The van der Waals surface area contributed by atoms with Crippen LogP contribution in [0.1, 0.15) is 27.3 Å². The second-order valence-electron chi connectivity index (χ2n) is 7.43. The maximum Gasteiger partial charge on any atom is 0.433 e. The minimum atomic E-state index is -4.89. The molecule has 0 saturated carbocycles. The van der Waals surface area contributed by atoms with Crippen LogP contribution in [0.25, 0.3) is 16.9 Å². The fraction of sp³-hybridized carbons (Fsp3) is 0.136. The van der Waals surface area contributed by atoms with Crippen molar-refractivity contribution in [3.63, 3.8) is 0 Å². The first-order chi connectivity index (χ1) is 16.3. The van der Waals surface area contributed by atoms with E-state index in [1.165, 1.54) is 0 Å². The molecular formula is C22H12Cl2F6N4O. The summed E-state index contributed by atoms with van der Waals surface area (Å²) in [6.45, 7) is 1.80. The Hall–Kier alpha value is -3.31. The summed E-state index contributed by atoms with van der Waals surface area (Å²) in [6, 6.07) is 9.48. The minimum absolute atomic E-state index is 0.0699. The van der Waals surface area contributed by atoms with Crippen molar-refractivity contribution in [2.45, 2.75) is 19.3 Å². The number of carbonyl (C=O) groups is 1. The predicted octanol–water partition coefficient (Wildman–Crippen LogP) is 7.30. The van der Waals surface area contributed by atoms with Crippen molar-refractivity contribution in [1.82, 2.24) is 14.6 Å². The van der Waals surface area contributed by atoms with Crippen LogP contribution in [-0.4, -0.2) is 20.5 Å². The van der Waals surface area contributed by atoms with Crippen LogP contribution in [0.4, 0.5) is 32.0 Å². The van der Waals surface area contributed by atoms with E-state index in [-0.39, 0.29) is 10.7 Å². The highest BCUT2D eigenvalue weighted by Crippen LogP contribution is 2.36. The Morgan fingerprint density at radius 2 is 1.60 bits per heavy atom. The Bertz CT molecular complexity index is 1450. The lowest BCUT2D eigenvalue weighted by Gasteiger charge is -2.11. The third-order valence-corrected chi connectivity index (χ3v) is 5.61. The van der Waals surface area contributed by atoms with Crippen LogP contribution in [0, 0.1) is 6.92 Å². The number of carbonyl (C=O) groups excluding carboxylic acids is 1. The van der Waals surface area contributed by atoms with Crippen molar-refractivity contribution in [3.05, 3.63) is 81.1 Å². The molecule has 0 aliphatic heterocycles. The van der Waals surface area contributed by atoms with Gasteiger partial charge in [-0.05, 0) is 31.2 Å². The number of nitrogens with one attached hydrogen (secondary N) is 1. The normalized spacial score (nSPS) is 12.3. The number of rotatable bonds is 3. The molecule has 5 nitrogen and oxygen atoms in total. The molecule has 0 aliphatic carbocycles. The SMILES string of the molecule is Cc1ccc(-c2cc(C(F)(F)F)n3nc(C(=O)Nc4cc(C(F)(F)F)ccc4Cl)c(Cl)c3n2)cc1. The topological polar surface area (TPSA) is 59.3 Å². The van der Waals surface area contributed by atoms with Crippen molar-refractivity contribution in [3.8, 4) is 11.3 Å². The van der Waals surface area contributed by atoms with Crippen LogP contribution in [0.2, 0.25) is 10.0 Å². The number of alkyl halides is 6. The third-order valence-electron chi connectivity index (χ3n) is 4.93. The Kier molecular flexibility index (Phi) is 6.18. The van der Waals surface area contributed by atoms with E-state index < -0.39 is 51.6 Å². The second kappa shape index (κ2) is 8.72. The van der Waals surface area contributed by atoms with Crippen molar-refractivity contribution < 1.29 is 31.1 Å². The van der Waals surface area contributed by atoms with E-state index >= 15 is 0 Å². The Morgan fingerprint density at radius 3 is 2.20 bits per heavy atom. The summed E-state index contributed by atoms with van der Waals surface area (Å²) in [5.41, 5.74) is -2.75. The highest BCUT2D eigenvalue weighted by Gasteiger charge is 2.37. The quantitative estimate of drug-likeness (QED) is 0.281. The molecule has 1 amide bonds. The van der Waals surface area contributed by atoms with Gasteiger partial charge in [-0.15, -0.1) is 0 Å². The molecule has 2 heterocycles. The van der Waals surface area contributed by atoms with E-state index in [9.17, 15) is 31.1 Å². The van der Waals surface area contributed by atoms with Crippen LogP contribution < -0.4 is 5.32 Å². The van der Waals surface area contributed by atoms with Crippen molar-refractivity contribution in [2.24, 2.45) is 0 Å². The molecule has 0 fully saturated rings. The lowest BCUT2D eigenvalue weighted by Crippen LogP contribution is -2.16. The fourth-order valence-corrected chi connectivity index (χ4v) is 3.60. The molecule has 1 N–H and O–H groups in total. The number of benzene rings is 2. The van der Waals surface area contributed by atoms with Crippen LogP contribution >= 0.6 is 23.2 Å². The highest BCUT2D eigenvalue weighted by molar-refractivity contribution is 6.37. The zero-order valence-electron chi connectivity index (χ0n) is 17.4. The lowest BCUT2D eigenvalue weighted by molar-refractivity contribution is -0.142. The van der Waals surface area contributed by atoms with E-state index in [4.69, 9.17) is 23.2 Å². The molecule has 0 saturated heterocycles. The average Bonchev–Trinajstić information content (AvgIpc) is 3.10. The van der Waals surface area contributed by atoms with E-state index in [2.05, 4.69) is 15.4 Å². The van der Waals surface area contributed by atoms with Crippen molar-refractivity contribution >= 4 is 40.4 Å². The summed E-state index contributed by atoms with van der Waals surface area (Å²) in [4.78, 5) is 16.9. The molecule has 4 rings (SSSR count). The standard InChI is InChI=1S/C22H12Cl2F6N4O/c1-10-2-4-11(5-3-10)14-9-16(22(28,29)30)34-19(31-14)17(24)18(33-34)20(35)32-15-8-12(21(25,26)27)6-7-13(15)23/h2-9H,1H3,(H,32,35). The second-order valence-corrected chi connectivity index (χ2v) is 8.22. The largest absolute Gasteiger partial charge is 0.433 e. The fourth-order valence-electron chi connectivity index (χ4n) is 3.19. The average molecular weight is 533 g/mol. The Balaban J connectivity index is 1.82. The van der Waals surface area contributed by atoms with Crippen LogP contribution in [-0.2, 0) is 12.4 Å². The van der Waals surface area contributed by atoms with Gasteiger partial charge >= 0.3 is 12.4 Å². The molecule has 4 aromatic rings. The number of anilines is 1. The molecule has 35 heavy (non-hydrogen) atoms. The van der Waals surface area contributed by atoms with Gasteiger partial charge in [0.05, 0.1) is 22.0 Å². The van der Waals surface area contributed by atoms with Gasteiger partial charge in [0.25, 0.3) is 5.91 Å². The number of amides is 1. The summed E-state index contributed by atoms with van der Waals surface area (Å²) >= 11 is 12.1. The van der Waals surface area contributed by atoms with E-state index in [0.717, 1.165) is 17.7 Å². The number of halogens is 8. The van der Waals surface area contributed by atoms with Gasteiger partial charge in [0.2, 0.25) is 0 Å². The zero-order valence-corrected chi connectivity index (χ0v) is 18.9. The van der Waals surface area contributed by atoms with Gasteiger partial charge in [0.15, 0.2) is 17.0 Å². The van der Waals surface area contributed by atoms with Gasteiger partial charge in [0, 0.05) is 5.56 Å². The molecule has 0 atom stereocenters. The maximum absolute atomic E-state index is 13.8. The summed E-state index contributed by atoms with van der Waals surface area (Å²) in [6.07, 6.45) is -9.61. The van der Waals surface area contributed by atoms with Gasteiger partial charge in [-0.25, -0.2) is 9.50 Å². The molecule has 2 aromatic heterocycles. The van der Waals surface area contributed by atoms with Gasteiger partial charge in [-0.2, -0.15) is 31.4 Å². The first-order valence-electron chi connectivity index (χ1n) is 9.67. The summed E-state index contributed by atoms with van der Waals surface area (Å²) in [5, 5.41) is 5.00. The van der Waals surface area contributed by atoms with E-state index in [1.807, 2.05) is 0 Å². The third kappa shape index (κ3) is 4.92. The maximum atomic E-state index is 13.8. The van der Waals surface area contributed by atoms with E-state index in [0.29, 0.717) is 22.2 Å². The van der Waals surface area contributed by atoms with Crippen LogP contribution in [0.3, 0.4) is 0 Å². The monoisotopic (exact) mass is 532 g/mol. The molecule has 0 bridgehead atoms. The number of aryl methyl sites for hydroxylation is 1.